The summed E-state index contributed by atoms with van der Waals surface area (Å²) in [6, 6.07) is 17.8. The molecule has 0 saturated carbocycles. The summed E-state index contributed by atoms with van der Waals surface area (Å²) in [4.78, 5) is 4.57. The first-order valence-electron chi connectivity index (χ1n) is 8.33. The lowest BCUT2D eigenvalue weighted by Crippen LogP contribution is -2.24. The van der Waals surface area contributed by atoms with Gasteiger partial charge in [-0.2, -0.15) is 0 Å². The monoisotopic (exact) mass is 403 g/mol. The second kappa shape index (κ2) is 8.60. The van der Waals surface area contributed by atoms with Crippen molar-refractivity contribution >= 4 is 21.8 Å². The van der Waals surface area contributed by atoms with E-state index in [2.05, 4.69) is 9.71 Å². The third-order valence-electron chi connectivity index (χ3n) is 3.82. The normalized spacial score (nSPS) is 11.5. The fraction of sp³-hybridized carbons (Fsp3) is 0.211. The van der Waals surface area contributed by atoms with Gasteiger partial charge in [0.15, 0.2) is 5.16 Å². The van der Waals surface area contributed by atoms with Crippen LogP contribution in [0.25, 0.3) is 16.9 Å². The zero-order chi connectivity index (χ0) is 19.3. The lowest BCUT2D eigenvalue weighted by atomic mass is 10.1. The molecule has 0 spiro atoms. The average Bonchev–Trinajstić information content (AvgIpc) is 3.09. The Morgan fingerprint density at radius 2 is 1.81 bits per heavy atom. The van der Waals surface area contributed by atoms with Gasteiger partial charge in [0.25, 0.3) is 0 Å². The summed E-state index contributed by atoms with van der Waals surface area (Å²) in [6.45, 7) is 0.336. The minimum absolute atomic E-state index is 0.336. The fourth-order valence-corrected chi connectivity index (χ4v) is 4.11. The van der Waals surface area contributed by atoms with Gasteiger partial charge in [-0.3, -0.25) is 4.57 Å². The molecule has 0 fully saturated rings. The van der Waals surface area contributed by atoms with Gasteiger partial charge in [0.1, 0.15) is 5.75 Å². The molecule has 8 heteroatoms. The van der Waals surface area contributed by atoms with E-state index in [1.54, 1.807) is 7.11 Å². The molecule has 0 amide bonds. The van der Waals surface area contributed by atoms with Gasteiger partial charge >= 0.3 is 0 Å². The zero-order valence-electron chi connectivity index (χ0n) is 15.1. The number of hydrogen-bond donors (Lipinski definition) is 1. The van der Waals surface area contributed by atoms with Crippen molar-refractivity contribution in [3.63, 3.8) is 0 Å². The van der Waals surface area contributed by atoms with E-state index >= 15 is 0 Å². The third kappa shape index (κ3) is 4.91. The summed E-state index contributed by atoms with van der Waals surface area (Å²) in [5.41, 5.74) is 2.87. The van der Waals surface area contributed by atoms with Gasteiger partial charge in [0, 0.05) is 17.9 Å². The molecule has 1 aromatic heterocycles. The first-order chi connectivity index (χ1) is 13.0. The SMILES string of the molecule is COc1ccccc1-n1c(-c2ccccc2)cnc1SCCNS(C)(=O)=O. The summed E-state index contributed by atoms with van der Waals surface area (Å²) in [7, 11) is -1.56. The van der Waals surface area contributed by atoms with Gasteiger partial charge in [-0.15, -0.1) is 0 Å². The second-order valence-corrected chi connectivity index (χ2v) is 8.71. The van der Waals surface area contributed by atoms with Crippen molar-refractivity contribution in [2.24, 2.45) is 0 Å². The van der Waals surface area contributed by atoms with E-state index < -0.39 is 10.0 Å². The maximum Gasteiger partial charge on any atom is 0.208 e. The molecule has 0 saturated heterocycles. The lowest BCUT2D eigenvalue weighted by Gasteiger charge is -2.15. The molecule has 0 atom stereocenters. The predicted octanol–water partition coefficient (Wildman–Crippen LogP) is 3.19. The number of benzene rings is 2. The van der Waals surface area contributed by atoms with Gasteiger partial charge in [0.2, 0.25) is 10.0 Å². The first-order valence-corrected chi connectivity index (χ1v) is 11.2. The number of aromatic nitrogens is 2. The number of para-hydroxylation sites is 2. The molecule has 0 unspecified atom stereocenters. The number of thioether (sulfide) groups is 1. The van der Waals surface area contributed by atoms with Crippen LogP contribution in [0.1, 0.15) is 0 Å². The molecule has 6 nitrogen and oxygen atoms in total. The Morgan fingerprint density at radius 3 is 2.52 bits per heavy atom. The summed E-state index contributed by atoms with van der Waals surface area (Å²) < 4.78 is 32.6. The van der Waals surface area contributed by atoms with Crippen LogP contribution in [0.4, 0.5) is 0 Å². The first kappa shape index (κ1) is 19.5. The van der Waals surface area contributed by atoms with Crippen LogP contribution in [0.2, 0.25) is 0 Å². The van der Waals surface area contributed by atoms with E-state index in [-0.39, 0.29) is 0 Å². The molecule has 0 bridgehead atoms. The standard InChI is InChI=1S/C19H21N3O3S2/c1-25-18-11-7-6-10-16(18)22-17(15-8-4-3-5-9-15)14-20-19(22)26-13-12-21-27(2,23)24/h3-11,14,21H,12-13H2,1-2H3. The molecule has 0 radical (unpaired) electrons. The molecule has 3 rings (SSSR count). The second-order valence-electron chi connectivity index (χ2n) is 5.81. The fourth-order valence-electron chi connectivity index (χ4n) is 2.67. The van der Waals surface area contributed by atoms with Crippen molar-refractivity contribution in [3.05, 3.63) is 60.8 Å². The molecule has 1 N–H and O–H groups in total. The average molecular weight is 404 g/mol. The van der Waals surface area contributed by atoms with Crippen LogP contribution in [0, 0.1) is 0 Å². The molecular weight excluding hydrogens is 382 g/mol. The third-order valence-corrected chi connectivity index (χ3v) is 5.51. The van der Waals surface area contributed by atoms with Crippen molar-refractivity contribution in [2.75, 3.05) is 25.7 Å². The largest absolute Gasteiger partial charge is 0.495 e. The van der Waals surface area contributed by atoms with Crippen molar-refractivity contribution in [2.45, 2.75) is 5.16 Å². The van der Waals surface area contributed by atoms with Crippen LogP contribution in [0.5, 0.6) is 5.75 Å². The van der Waals surface area contributed by atoms with Crippen LogP contribution in [-0.4, -0.2) is 43.6 Å². The number of sulfonamides is 1. The highest BCUT2D eigenvalue weighted by molar-refractivity contribution is 7.99. The Bertz CT molecular complexity index is 1000. The van der Waals surface area contributed by atoms with Crippen LogP contribution >= 0.6 is 11.8 Å². The number of nitrogens with zero attached hydrogens (tertiary/aromatic N) is 2. The number of rotatable bonds is 8. The number of imidazole rings is 1. The van der Waals surface area contributed by atoms with Gasteiger partial charge < -0.3 is 4.74 Å². The van der Waals surface area contributed by atoms with Crippen molar-refractivity contribution in [3.8, 4) is 22.7 Å². The summed E-state index contributed by atoms with van der Waals surface area (Å²) >= 11 is 1.49. The number of methoxy groups -OCH3 is 1. The van der Waals surface area contributed by atoms with Crippen molar-refractivity contribution in [1.82, 2.24) is 14.3 Å². The molecule has 142 valence electrons. The molecule has 2 aromatic carbocycles. The molecule has 1 heterocycles. The zero-order valence-corrected chi connectivity index (χ0v) is 16.8. The Morgan fingerprint density at radius 1 is 1.11 bits per heavy atom. The van der Waals surface area contributed by atoms with Gasteiger partial charge in [-0.25, -0.2) is 18.1 Å². The topological polar surface area (TPSA) is 73.2 Å². The quantitative estimate of drug-likeness (QED) is 0.462. The Balaban J connectivity index is 1.98. The summed E-state index contributed by atoms with van der Waals surface area (Å²) in [5, 5.41) is 0.772. The minimum atomic E-state index is -3.20. The highest BCUT2D eigenvalue weighted by atomic mass is 32.2. The van der Waals surface area contributed by atoms with E-state index in [4.69, 9.17) is 4.74 Å². The van der Waals surface area contributed by atoms with E-state index in [1.165, 1.54) is 11.8 Å². The Labute approximate surface area is 163 Å². The van der Waals surface area contributed by atoms with Crippen LogP contribution in [-0.2, 0) is 10.0 Å². The van der Waals surface area contributed by atoms with Gasteiger partial charge in [-0.05, 0) is 12.1 Å². The van der Waals surface area contributed by atoms with E-state index in [9.17, 15) is 8.42 Å². The highest BCUT2D eigenvalue weighted by Gasteiger charge is 2.17. The highest BCUT2D eigenvalue weighted by Crippen LogP contribution is 2.33. The lowest BCUT2D eigenvalue weighted by molar-refractivity contribution is 0.412. The summed E-state index contributed by atoms with van der Waals surface area (Å²) in [6.07, 6.45) is 2.98. The van der Waals surface area contributed by atoms with Gasteiger partial charge in [0.05, 0.1) is 30.9 Å². The Hall–Kier alpha value is -2.29. The van der Waals surface area contributed by atoms with E-state index in [1.807, 2.05) is 65.4 Å². The van der Waals surface area contributed by atoms with Crippen LogP contribution in [0.3, 0.4) is 0 Å². The molecule has 0 aliphatic carbocycles. The smallest absolute Gasteiger partial charge is 0.208 e. The van der Waals surface area contributed by atoms with Crippen LogP contribution in [0.15, 0.2) is 66.0 Å². The maximum atomic E-state index is 11.2. The molecule has 3 aromatic rings. The van der Waals surface area contributed by atoms with Gasteiger partial charge in [-0.1, -0.05) is 54.2 Å². The van der Waals surface area contributed by atoms with Crippen molar-refractivity contribution in [1.29, 1.82) is 0 Å². The number of ether oxygens (including phenoxy) is 1. The Kier molecular flexibility index (Phi) is 6.20. The maximum absolute atomic E-state index is 11.2. The predicted molar refractivity (Wildman–Crippen MR) is 109 cm³/mol. The van der Waals surface area contributed by atoms with E-state index in [0.717, 1.165) is 34.1 Å². The summed E-state index contributed by atoms with van der Waals surface area (Å²) in [5.74, 6) is 1.30. The van der Waals surface area contributed by atoms with Crippen molar-refractivity contribution < 1.29 is 13.2 Å². The minimum Gasteiger partial charge on any atom is -0.495 e. The molecule has 27 heavy (non-hydrogen) atoms. The van der Waals surface area contributed by atoms with Crippen LogP contribution < -0.4 is 9.46 Å². The van der Waals surface area contributed by atoms with E-state index in [0.29, 0.717) is 12.3 Å². The number of hydrogen-bond acceptors (Lipinski definition) is 5. The molecular formula is C19H21N3O3S2. The molecule has 0 aliphatic heterocycles. The number of nitrogens with one attached hydrogen (secondary N) is 1. The molecule has 0 aliphatic rings.